The molecule has 4 rings (SSSR count). The topological polar surface area (TPSA) is 79.0 Å². The summed E-state index contributed by atoms with van der Waals surface area (Å²) in [5, 5.41) is 6.63. The van der Waals surface area contributed by atoms with Gasteiger partial charge in [-0.25, -0.2) is 9.78 Å². The number of urea groups is 1. The molecule has 6 nitrogen and oxygen atoms in total. The molecule has 0 bridgehead atoms. The summed E-state index contributed by atoms with van der Waals surface area (Å²) in [4.78, 5) is 19.6. The number of nitrogens with one attached hydrogen (secondary N) is 3. The summed E-state index contributed by atoms with van der Waals surface area (Å²) in [6, 6.07) is 11.4. The summed E-state index contributed by atoms with van der Waals surface area (Å²) < 4.78 is 5.45. The largest absolute Gasteiger partial charge is 0.496 e. The fraction of sp³-hybridized carbons (Fsp3) is 0.263. The maximum atomic E-state index is 11.9. The summed E-state index contributed by atoms with van der Waals surface area (Å²) in [6.07, 6.45) is 4.32. The van der Waals surface area contributed by atoms with E-state index < -0.39 is 0 Å². The third-order valence-electron chi connectivity index (χ3n) is 4.43. The first-order valence-electron chi connectivity index (χ1n) is 8.41. The normalized spacial score (nSPS) is 13.6. The van der Waals surface area contributed by atoms with Crippen LogP contribution >= 0.6 is 0 Å². The van der Waals surface area contributed by atoms with E-state index in [2.05, 4.69) is 20.6 Å². The van der Waals surface area contributed by atoms with E-state index in [0.29, 0.717) is 11.7 Å². The van der Waals surface area contributed by atoms with Crippen molar-refractivity contribution in [1.29, 1.82) is 0 Å². The Morgan fingerprint density at radius 1 is 1.24 bits per heavy atom. The minimum absolute atomic E-state index is 0.213. The highest BCUT2D eigenvalue weighted by Crippen LogP contribution is 2.34. The number of methoxy groups -OCH3 is 1. The zero-order chi connectivity index (χ0) is 17.2. The molecule has 2 heterocycles. The van der Waals surface area contributed by atoms with E-state index in [9.17, 15) is 4.79 Å². The number of H-pyrrole nitrogens is 1. The standard InChI is InChI=1S/C19H20N4O2/c1-25-16-5-3-2-4-13(16)15-11-20-18-14(15)8-9-17(22-18)23-19(24)21-10-12-6-7-12/h2-5,8-9,11-12H,6-7,10H2,1H3,(H3,20,21,22,23,24). The second-order valence-corrected chi connectivity index (χ2v) is 6.27. The molecule has 128 valence electrons. The molecule has 25 heavy (non-hydrogen) atoms. The van der Waals surface area contributed by atoms with Crippen LogP contribution in [0.25, 0.3) is 22.2 Å². The van der Waals surface area contributed by atoms with Gasteiger partial charge in [0.15, 0.2) is 0 Å². The molecule has 0 atom stereocenters. The summed E-state index contributed by atoms with van der Waals surface area (Å²) in [6.45, 7) is 0.731. The van der Waals surface area contributed by atoms with Crippen molar-refractivity contribution in [2.24, 2.45) is 5.92 Å². The number of para-hydroxylation sites is 1. The van der Waals surface area contributed by atoms with Gasteiger partial charge in [-0.3, -0.25) is 5.32 Å². The van der Waals surface area contributed by atoms with Crippen LogP contribution in [0.4, 0.5) is 10.6 Å². The number of hydrogen-bond acceptors (Lipinski definition) is 3. The molecule has 6 heteroatoms. The Balaban J connectivity index is 1.57. The van der Waals surface area contributed by atoms with Crippen LogP contribution in [0.15, 0.2) is 42.6 Å². The Bertz CT molecular complexity index is 915. The highest BCUT2D eigenvalue weighted by molar-refractivity contribution is 5.97. The van der Waals surface area contributed by atoms with E-state index >= 15 is 0 Å². The molecule has 1 aliphatic carbocycles. The zero-order valence-electron chi connectivity index (χ0n) is 14.0. The average molecular weight is 336 g/mol. The first-order valence-corrected chi connectivity index (χ1v) is 8.41. The number of aromatic nitrogens is 2. The van der Waals surface area contributed by atoms with E-state index in [1.54, 1.807) is 7.11 Å². The lowest BCUT2D eigenvalue weighted by Crippen LogP contribution is -2.30. The molecular formula is C19H20N4O2. The van der Waals surface area contributed by atoms with Crippen molar-refractivity contribution >= 4 is 22.9 Å². The van der Waals surface area contributed by atoms with Crippen molar-refractivity contribution in [2.75, 3.05) is 19.0 Å². The summed E-state index contributed by atoms with van der Waals surface area (Å²) in [5.74, 6) is 1.98. The second-order valence-electron chi connectivity index (χ2n) is 6.27. The van der Waals surface area contributed by atoms with Crippen molar-refractivity contribution in [3.63, 3.8) is 0 Å². The maximum Gasteiger partial charge on any atom is 0.320 e. The van der Waals surface area contributed by atoms with Crippen LogP contribution in [0.1, 0.15) is 12.8 Å². The second kappa shape index (κ2) is 6.47. The minimum atomic E-state index is -0.213. The SMILES string of the molecule is COc1ccccc1-c1c[nH]c2nc(NC(=O)NCC3CC3)ccc12. The predicted octanol–water partition coefficient (Wildman–Crippen LogP) is 3.77. The van der Waals surface area contributed by atoms with Gasteiger partial charge in [0.1, 0.15) is 17.2 Å². The molecular weight excluding hydrogens is 316 g/mol. The number of carbonyl (C=O) groups is 1. The monoisotopic (exact) mass is 336 g/mol. The molecule has 2 amide bonds. The number of anilines is 1. The van der Waals surface area contributed by atoms with Gasteiger partial charge in [0.05, 0.1) is 7.11 Å². The van der Waals surface area contributed by atoms with Crippen molar-refractivity contribution in [3.05, 3.63) is 42.6 Å². The van der Waals surface area contributed by atoms with Crippen LogP contribution in [0.3, 0.4) is 0 Å². The fourth-order valence-corrected chi connectivity index (χ4v) is 2.88. The number of aromatic amines is 1. The number of amides is 2. The molecule has 3 N–H and O–H groups in total. The van der Waals surface area contributed by atoms with E-state index in [1.165, 1.54) is 12.8 Å². The molecule has 0 radical (unpaired) electrons. The number of pyridine rings is 1. The van der Waals surface area contributed by atoms with Crippen molar-refractivity contribution in [2.45, 2.75) is 12.8 Å². The van der Waals surface area contributed by atoms with Gasteiger partial charge in [-0.1, -0.05) is 18.2 Å². The van der Waals surface area contributed by atoms with Crippen LogP contribution in [-0.2, 0) is 0 Å². The fourth-order valence-electron chi connectivity index (χ4n) is 2.88. The number of rotatable bonds is 5. The number of carbonyl (C=O) groups excluding carboxylic acids is 1. The number of benzene rings is 1. The van der Waals surface area contributed by atoms with E-state index in [0.717, 1.165) is 34.5 Å². The van der Waals surface area contributed by atoms with E-state index in [-0.39, 0.29) is 6.03 Å². The first kappa shape index (κ1) is 15.5. The quantitative estimate of drug-likeness (QED) is 0.663. The predicted molar refractivity (Wildman–Crippen MR) is 97.8 cm³/mol. The smallest absolute Gasteiger partial charge is 0.320 e. The van der Waals surface area contributed by atoms with Gasteiger partial charge in [0.2, 0.25) is 0 Å². The van der Waals surface area contributed by atoms with Crippen LogP contribution in [-0.4, -0.2) is 29.7 Å². The molecule has 1 aliphatic rings. The number of fused-ring (bicyclic) bond motifs is 1. The Morgan fingerprint density at radius 3 is 2.88 bits per heavy atom. The summed E-state index contributed by atoms with van der Waals surface area (Å²) in [7, 11) is 1.66. The van der Waals surface area contributed by atoms with Crippen LogP contribution in [0.5, 0.6) is 5.75 Å². The van der Waals surface area contributed by atoms with E-state index in [4.69, 9.17) is 4.74 Å². The molecule has 0 saturated heterocycles. The van der Waals surface area contributed by atoms with Crippen LogP contribution in [0, 0.1) is 5.92 Å². The van der Waals surface area contributed by atoms with Gasteiger partial charge >= 0.3 is 6.03 Å². The summed E-state index contributed by atoms with van der Waals surface area (Å²) in [5.41, 5.74) is 2.74. The lowest BCUT2D eigenvalue weighted by Gasteiger charge is -2.08. The van der Waals surface area contributed by atoms with Gasteiger partial charge < -0.3 is 15.0 Å². The molecule has 1 fully saturated rings. The first-order chi connectivity index (χ1) is 12.2. The molecule has 0 aliphatic heterocycles. The third-order valence-corrected chi connectivity index (χ3v) is 4.43. The maximum absolute atomic E-state index is 11.9. The van der Waals surface area contributed by atoms with Gasteiger partial charge in [0, 0.05) is 29.3 Å². The Morgan fingerprint density at radius 2 is 2.08 bits per heavy atom. The van der Waals surface area contributed by atoms with Crippen molar-refractivity contribution in [3.8, 4) is 16.9 Å². The van der Waals surface area contributed by atoms with Crippen LogP contribution in [0.2, 0.25) is 0 Å². The molecule has 1 aromatic carbocycles. The Kier molecular flexibility index (Phi) is 4.01. The van der Waals surface area contributed by atoms with Gasteiger partial charge in [-0.05, 0) is 37.0 Å². The van der Waals surface area contributed by atoms with Gasteiger partial charge in [-0.2, -0.15) is 0 Å². The molecule has 1 saturated carbocycles. The van der Waals surface area contributed by atoms with Gasteiger partial charge in [0.25, 0.3) is 0 Å². The highest BCUT2D eigenvalue weighted by Gasteiger charge is 2.21. The molecule has 0 spiro atoms. The summed E-state index contributed by atoms with van der Waals surface area (Å²) >= 11 is 0. The lowest BCUT2D eigenvalue weighted by atomic mass is 10.0. The Hall–Kier alpha value is -3.02. The molecule has 0 unspecified atom stereocenters. The number of ether oxygens (including phenoxy) is 1. The Labute approximate surface area is 145 Å². The number of hydrogen-bond donors (Lipinski definition) is 3. The van der Waals surface area contributed by atoms with E-state index in [1.807, 2.05) is 42.6 Å². The third kappa shape index (κ3) is 3.28. The molecule has 3 aromatic rings. The highest BCUT2D eigenvalue weighted by atomic mass is 16.5. The average Bonchev–Trinajstić information content (AvgIpc) is 3.38. The lowest BCUT2D eigenvalue weighted by molar-refractivity contribution is 0.251. The van der Waals surface area contributed by atoms with Crippen molar-refractivity contribution < 1.29 is 9.53 Å². The minimum Gasteiger partial charge on any atom is -0.496 e. The number of nitrogens with zero attached hydrogens (tertiary/aromatic N) is 1. The van der Waals surface area contributed by atoms with Crippen LogP contribution < -0.4 is 15.4 Å². The van der Waals surface area contributed by atoms with Gasteiger partial charge in [-0.15, -0.1) is 0 Å². The zero-order valence-corrected chi connectivity index (χ0v) is 14.0. The van der Waals surface area contributed by atoms with Crippen molar-refractivity contribution in [1.82, 2.24) is 15.3 Å². The molecule has 2 aromatic heterocycles.